The summed E-state index contributed by atoms with van der Waals surface area (Å²) >= 11 is 0. The lowest BCUT2D eigenvalue weighted by atomic mass is 10.1. The summed E-state index contributed by atoms with van der Waals surface area (Å²) in [5.74, 6) is 0.514. The van der Waals surface area contributed by atoms with Gasteiger partial charge in [-0.1, -0.05) is 12.1 Å². The van der Waals surface area contributed by atoms with Crippen molar-refractivity contribution in [3.8, 4) is 5.75 Å². The molecule has 0 saturated carbocycles. The van der Waals surface area contributed by atoms with Crippen LogP contribution in [-0.2, 0) is 9.53 Å². The third kappa shape index (κ3) is 5.83. The first-order valence-corrected chi connectivity index (χ1v) is 8.79. The number of hydrogen-bond acceptors (Lipinski definition) is 5. The van der Waals surface area contributed by atoms with E-state index in [0.29, 0.717) is 24.5 Å². The van der Waals surface area contributed by atoms with Gasteiger partial charge >= 0.3 is 0 Å². The Morgan fingerprint density at radius 2 is 2.00 bits per heavy atom. The van der Waals surface area contributed by atoms with Crippen LogP contribution in [0.25, 0.3) is 0 Å². The van der Waals surface area contributed by atoms with Crippen molar-refractivity contribution < 1.29 is 19.1 Å². The van der Waals surface area contributed by atoms with Crippen molar-refractivity contribution in [2.75, 3.05) is 46.4 Å². The van der Waals surface area contributed by atoms with E-state index in [2.05, 4.69) is 4.90 Å². The molecule has 1 aliphatic rings. The Morgan fingerprint density at radius 1 is 1.20 bits per heavy atom. The lowest BCUT2D eigenvalue weighted by molar-refractivity contribution is -0.137. The van der Waals surface area contributed by atoms with E-state index in [4.69, 9.17) is 9.47 Å². The number of Topliss-reactive ketones (excluding diaryl/α,β-unsaturated/α-hetero) is 1. The van der Waals surface area contributed by atoms with Crippen molar-refractivity contribution in [2.24, 2.45) is 0 Å². The van der Waals surface area contributed by atoms with Gasteiger partial charge in [0.05, 0.1) is 6.61 Å². The number of ether oxygens (including phenoxy) is 2. The van der Waals surface area contributed by atoms with Crippen LogP contribution in [0.3, 0.4) is 0 Å². The maximum Gasteiger partial charge on any atom is 0.263 e. The highest BCUT2D eigenvalue weighted by molar-refractivity contribution is 5.94. The second-order valence-electron chi connectivity index (χ2n) is 6.36. The highest BCUT2D eigenvalue weighted by Gasteiger charge is 2.24. The standard InChI is InChI=1S/C19H28N2O4/c1-15(22)17-6-4-7-18(14-17)25-16(2)19(23)21-9-5-8-20(10-11-21)12-13-24-3/h4,6-7,14,16H,5,8-13H2,1-3H3/t16-/m1/s1. The average molecular weight is 348 g/mol. The van der Waals surface area contributed by atoms with E-state index >= 15 is 0 Å². The summed E-state index contributed by atoms with van der Waals surface area (Å²) in [6.07, 6.45) is 0.370. The minimum Gasteiger partial charge on any atom is -0.481 e. The summed E-state index contributed by atoms with van der Waals surface area (Å²) in [4.78, 5) is 28.3. The van der Waals surface area contributed by atoms with E-state index in [9.17, 15) is 9.59 Å². The van der Waals surface area contributed by atoms with Gasteiger partial charge in [0.25, 0.3) is 5.91 Å². The van der Waals surface area contributed by atoms with Gasteiger partial charge in [-0.2, -0.15) is 0 Å². The molecule has 0 unspecified atom stereocenters. The van der Waals surface area contributed by atoms with Crippen molar-refractivity contribution in [1.29, 1.82) is 0 Å². The number of hydrogen-bond donors (Lipinski definition) is 0. The van der Waals surface area contributed by atoms with Gasteiger partial charge in [0.15, 0.2) is 11.9 Å². The fraction of sp³-hybridized carbons (Fsp3) is 0.579. The molecule has 1 aromatic carbocycles. The number of rotatable bonds is 7. The van der Waals surface area contributed by atoms with Gasteiger partial charge in [0.2, 0.25) is 0 Å². The van der Waals surface area contributed by atoms with Crippen LogP contribution in [0.4, 0.5) is 0 Å². The quantitative estimate of drug-likeness (QED) is 0.704. The molecule has 138 valence electrons. The molecule has 0 aromatic heterocycles. The number of carbonyl (C=O) groups is 2. The largest absolute Gasteiger partial charge is 0.481 e. The molecule has 0 aliphatic carbocycles. The number of methoxy groups -OCH3 is 1. The molecule has 0 radical (unpaired) electrons. The Balaban J connectivity index is 1.91. The van der Waals surface area contributed by atoms with Gasteiger partial charge in [-0.3, -0.25) is 14.5 Å². The van der Waals surface area contributed by atoms with Crippen LogP contribution in [0.2, 0.25) is 0 Å². The Labute approximate surface area is 149 Å². The lowest BCUT2D eigenvalue weighted by Crippen LogP contribution is -2.42. The topological polar surface area (TPSA) is 59.1 Å². The minimum absolute atomic E-state index is 0.0122. The van der Waals surface area contributed by atoms with Crippen LogP contribution in [0.1, 0.15) is 30.6 Å². The van der Waals surface area contributed by atoms with Crippen LogP contribution < -0.4 is 4.74 Å². The van der Waals surface area contributed by atoms with Gasteiger partial charge in [-0.15, -0.1) is 0 Å². The van der Waals surface area contributed by atoms with E-state index in [1.54, 1.807) is 38.3 Å². The molecule has 0 spiro atoms. The Kier molecular flexibility index (Phi) is 7.40. The molecule has 1 aromatic rings. The van der Waals surface area contributed by atoms with Crippen LogP contribution in [0.15, 0.2) is 24.3 Å². The molecular weight excluding hydrogens is 320 g/mol. The van der Waals surface area contributed by atoms with E-state index in [1.807, 2.05) is 4.90 Å². The fourth-order valence-electron chi connectivity index (χ4n) is 2.94. The SMILES string of the molecule is COCCN1CCCN(C(=O)[C@@H](C)Oc2cccc(C(C)=O)c2)CC1. The van der Waals surface area contributed by atoms with Gasteiger partial charge in [0, 0.05) is 38.9 Å². The van der Waals surface area contributed by atoms with Gasteiger partial charge in [0.1, 0.15) is 5.75 Å². The van der Waals surface area contributed by atoms with E-state index in [-0.39, 0.29) is 11.7 Å². The summed E-state index contributed by atoms with van der Waals surface area (Å²) in [6.45, 7) is 8.14. The maximum atomic E-state index is 12.7. The normalized spacial score (nSPS) is 17.0. The predicted molar refractivity (Wildman–Crippen MR) is 96.0 cm³/mol. The number of amides is 1. The van der Waals surface area contributed by atoms with Crippen LogP contribution in [0, 0.1) is 0 Å². The first-order valence-electron chi connectivity index (χ1n) is 8.79. The second kappa shape index (κ2) is 9.53. The molecule has 2 rings (SSSR count). The first-order chi connectivity index (χ1) is 12.0. The number of ketones is 1. The van der Waals surface area contributed by atoms with Crippen LogP contribution >= 0.6 is 0 Å². The lowest BCUT2D eigenvalue weighted by Gasteiger charge is -2.25. The summed E-state index contributed by atoms with van der Waals surface area (Å²) in [7, 11) is 1.70. The second-order valence-corrected chi connectivity index (χ2v) is 6.36. The molecule has 0 bridgehead atoms. The summed E-state index contributed by atoms with van der Waals surface area (Å²) < 4.78 is 10.9. The predicted octanol–water partition coefficient (Wildman–Crippen LogP) is 1.84. The molecule has 1 atom stereocenters. The van der Waals surface area contributed by atoms with Gasteiger partial charge in [-0.25, -0.2) is 0 Å². The Bertz CT molecular complexity index is 591. The van der Waals surface area contributed by atoms with Gasteiger partial charge in [-0.05, 0) is 38.9 Å². The number of benzene rings is 1. The summed E-state index contributed by atoms with van der Waals surface area (Å²) in [6, 6.07) is 6.96. The van der Waals surface area contributed by atoms with Crippen LogP contribution in [0.5, 0.6) is 5.75 Å². The zero-order valence-electron chi connectivity index (χ0n) is 15.4. The molecule has 0 N–H and O–H groups in total. The molecular formula is C19H28N2O4. The third-order valence-corrected chi connectivity index (χ3v) is 4.41. The minimum atomic E-state index is -0.576. The Hall–Kier alpha value is -1.92. The van der Waals surface area contributed by atoms with Crippen molar-refractivity contribution in [3.05, 3.63) is 29.8 Å². The Morgan fingerprint density at radius 3 is 2.72 bits per heavy atom. The molecule has 6 nitrogen and oxygen atoms in total. The van der Waals surface area contributed by atoms with E-state index < -0.39 is 6.10 Å². The van der Waals surface area contributed by atoms with Crippen molar-refractivity contribution >= 4 is 11.7 Å². The van der Waals surface area contributed by atoms with Crippen molar-refractivity contribution in [1.82, 2.24) is 9.80 Å². The van der Waals surface area contributed by atoms with Gasteiger partial charge < -0.3 is 14.4 Å². The maximum absolute atomic E-state index is 12.7. The van der Waals surface area contributed by atoms with E-state index in [1.165, 1.54) is 6.92 Å². The molecule has 25 heavy (non-hydrogen) atoms. The summed E-state index contributed by atoms with van der Waals surface area (Å²) in [5, 5.41) is 0. The first kappa shape index (κ1) is 19.4. The molecule has 1 heterocycles. The molecule has 1 aliphatic heterocycles. The zero-order chi connectivity index (χ0) is 18.2. The molecule has 1 amide bonds. The third-order valence-electron chi connectivity index (χ3n) is 4.41. The van der Waals surface area contributed by atoms with Crippen molar-refractivity contribution in [3.63, 3.8) is 0 Å². The molecule has 6 heteroatoms. The highest BCUT2D eigenvalue weighted by Crippen LogP contribution is 2.16. The van der Waals surface area contributed by atoms with Crippen molar-refractivity contribution in [2.45, 2.75) is 26.4 Å². The molecule has 1 fully saturated rings. The monoisotopic (exact) mass is 348 g/mol. The number of nitrogens with zero attached hydrogens (tertiary/aromatic N) is 2. The number of carbonyl (C=O) groups excluding carboxylic acids is 2. The average Bonchev–Trinajstić information content (AvgIpc) is 2.85. The highest BCUT2D eigenvalue weighted by atomic mass is 16.5. The zero-order valence-corrected chi connectivity index (χ0v) is 15.4. The fourth-order valence-corrected chi connectivity index (χ4v) is 2.94. The molecule has 1 saturated heterocycles. The van der Waals surface area contributed by atoms with E-state index in [0.717, 1.165) is 32.6 Å². The summed E-state index contributed by atoms with van der Waals surface area (Å²) in [5.41, 5.74) is 0.584. The van der Waals surface area contributed by atoms with Crippen LogP contribution in [-0.4, -0.2) is 74.0 Å². The smallest absolute Gasteiger partial charge is 0.263 e.